The number of carbonyl (C=O) groups excluding carboxylic acids is 1. The Morgan fingerprint density at radius 2 is 1.11 bits per heavy atom. The number of oxazole rings is 1. The second-order valence-corrected chi connectivity index (χ2v) is 34.1. The van der Waals surface area contributed by atoms with E-state index in [9.17, 15) is 4.79 Å². The summed E-state index contributed by atoms with van der Waals surface area (Å²) in [6, 6.07) is 28.8. The van der Waals surface area contributed by atoms with E-state index in [4.69, 9.17) is 17.9 Å². The molecule has 105 heavy (non-hydrogen) atoms. The first-order valence-corrected chi connectivity index (χ1v) is 39.8. The number of hydrogen-bond donors (Lipinski definition) is 0. The highest BCUT2D eigenvalue weighted by atomic mass is 28.4. The fraction of sp³-hybridized carbons (Fsp3) is 0.402. The van der Waals surface area contributed by atoms with Crippen LogP contribution in [0.3, 0.4) is 0 Å². The van der Waals surface area contributed by atoms with Gasteiger partial charge in [-0.1, -0.05) is 137 Å². The number of anilines is 2. The maximum Gasteiger partial charge on any atom is 0.323 e. The molecule has 550 valence electrons. The lowest BCUT2D eigenvalue weighted by molar-refractivity contribution is 0.224. The number of aromatic nitrogens is 14. The minimum Gasteiger partial charge on any atom is -0.542 e. The van der Waals surface area contributed by atoms with E-state index >= 15 is 0 Å². The van der Waals surface area contributed by atoms with Crippen molar-refractivity contribution >= 4 is 58.8 Å². The summed E-state index contributed by atoms with van der Waals surface area (Å²) in [6.45, 7) is 40.5. The van der Waals surface area contributed by atoms with Gasteiger partial charge in [-0.3, -0.25) is 9.88 Å². The first-order valence-electron chi connectivity index (χ1n) is 36.7. The second kappa shape index (κ2) is 32.2. The van der Waals surface area contributed by atoms with E-state index in [1.165, 1.54) is 62.4 Å². The monoisotopic (exact) mass is 1430 g/mol. The van der Waals surface area contributed by atoms with Crippen molar-refractivity contribution in [2.24, 2.45) is 0 Å². The van der Waals surface area contributed by atoms with Gasteiger partial charge < -0.3 is 36.8 Å². The standard InChI is InChI=1S/C16H22N2OSi.C15H17N3O.C14H20N2O.2C13H14N4O.C11H16N2/c1-11(2)13-6-7-15(18-8-12(3)17-10-18)16-14(13)9-20(4,5)19-16;1-4-11-8-18(9-16-11)14-6-5-12(10(2)3)13-7-17-19-15(13)14;1-10(2)11-5-6-13-12(9-11)7-8-16(13)14(17)15(3)4;1-8(2)10-4-5-12(13-11(10)6-15-18-13)17-7-14-9(3)16-17;1-8(2)10-4-5-11(13-12(10)15-7-18-13)17-6-14-9(3)16-17;1-8(2)9-4-5-11-10(12-9)6-7-13(11)3/h6-8,10-11H,9H2,1-5H3;5-10H,4H2,1-3H3;5-6,9-10H,7-8H2,1-4H3;2*4-8H,1-3H3;4-5,8H,6-7H2,1-3H3. The molecule has 8 aromatic heterocycles. The van der Waals surface area contributed by atoms with Gasteiger partial charge in [0.05, 0.1) is 59.2 Å². The Labute approximate surface area is 618 Å². The smallest absolute Gasteiger partial charge is 0.323 e. The minimum atomic E-state index is -1.61. The van der Waals surface area contributed by atoms with Gasteiger partial charge in [0.1, 0.15) is 46.9 Å². The average Bonchev–Trinajstić information content (AvgIpc) is 1.14. The molecule has 0 spiro atoms. The number of urea groups is 1. The van der Waals surface area contributed by atoms with E-state index in [0.717, 1.165) is 129 Å². The summed E-state index contributed by atoms with van der Waals surface area (Å²) in [7, 11) is 4.10. The maximum absolute atomic E-state index is 12.0. The van der Waals surface area contributed by atoms with Gasteiger partial charge in [0.15, 0.2) is 23.1 Å². The molecule has 0 fully saturated rings. The highest BCUT2D eigenvalue weighted by Crippen LogP contribution is 2.43. The lowest BCUT2D eigenvalue weighted by atomic mass is 9.96. The minimum absolute atomic E-state index is 0.0704. The largest absolute Gasteiger partial charge is 0.542 e. The van der Waals surface area contributed by atoms with Crippen LogP contribution < -0.4 is 14.2 Å². The number of pyridine rings is 1. The molecule has 11 heterocycles. The Hall–Kier alpha value is -10.6. The molecule has 5 aromatic carbocycles. The lowest BCUT2D eigenvalue weighted by Gasteiger charge is -2.22. The van der Waals surface area contributed by atoms with Crippen molar-refractivity contribution < 1.29 is 22.7 Å². The molecule has 22 nitrogen and oxygen atoms in total. The van der Waals surface area contributed by atoms with Crippen molar-refractivity contribution in [3.8, 4) is 28.5 Å². The molecule has 0 radical (unpaired) electrons. The third-order valence-corrected chi connectivity index (χ3v) is 21.2. The number of aryl methyl sites for hydroxylation is 4. The molecule has 16 rings (SSSR count). The molecule has 0 saturated carbocycles. The van der Waals surface area contributed by atoms with E-state index in [-0.39, 0.29) is 6.03 Å². The zero-order valence-corrected chi connectivity index (χ0v) is 66.1. The number of hydrogen-bond acceptors (Lipinski definition) is 16. The second-order valence-electron chi connectivity index (χ2n) is 30.0. The molecule has 13 aromatic rings. The molecule has 3 aliphatic rings. The normalized spacial score (nSPS) is 13.3. The van der Waals surface area contributed by atoms with Crippen molar-refractivity contribution in [1.82, 2.24) is 73.8 Å². The Morgan fingerprint density at radius 3 is 1.67 bits per heavy atom. The van der Waals surface area contributed by atoms with Crippen LogP contribution in [-0.2, 0) is 25.3 Å². The van der Waals surface area contributed by atoms with Gasteiger partial charge in [-0.2, -0.15) is 10.2 Å². The molecule has 23 heteroatoms. The quantitative estimate of drug-likeness (QED) is 0.110. The first-order chi connectivity index (χ1) is 50.1. The highest BCUT2D eigenvalue weighted by Gasteiger charge is 2.37. The molecule has 0 N–H and O–H groups in total. The van der Waals surface area contributed by atoms with Crippen LogP contribution in [0.1, 0.15) is 199 Å². The van der Waals surface area contributed by atoms with E-state index in [1.54, 1.807) is 53.4 Å². The van der Waals surface area contributed by atoms with Crippen LogP contribution in [0.4, 0.5) is 16.2 Å². The molecule has 0 atom stereocenters. The third-order valence-electron chi connectivity index (χ3n) is 19.2. The van der Waals surface area contributed by atoms with E-state index in [1.807, 2.05) is 61.2 Å². The van der Waals surface area contributed by atoms with Gasteiger partial charge in [0, 0.05) is 81.2 Å². The summed E-state index contributed by atoms with van der Waals surface area (Å²) in [6.07, 6.45) is 19.2. The fourth-order valence-electron chi connectivity index (χ4n) is 13.5. The van der Waals surface area contributed by atoms with Crippen LogP contribution in [-0.4, -0.2) is 122 Å². The van der Waals surface area contributed by atoms with Crippen LogP contribution in [0.2, 0.25) is 13.1 Å². The number of imidazole rings is 2. The van der Waals surface area contributed by atoms with Crippen LogP contribution in [0.5, 0.6) is 5.75 Å². The maximum atomic E-state index is 12.0. The zero-order valence-electron chi connectivity index (χ0n) is 65.1. The Balaban J connectivity index is 0.000000126. The van der Waals surface area contributed by atoms with Crippen LogP contribution >= 0.6 is 0 Å². The summed E-state index contributed by atoms with van der Waals surface area (Å²) in [4.78, 5) is 43.7. The highest BCUT2D eigenvalue weighted by molar-refractivity contribution is 6.72. The summed E-state index contributed by atoms with van der Waals surface area (Å²) in [5.41, 5.74) is 23.2. The topological polar surface area (TPSA) is 224 Å². The first kappa shape index (κ1) is 75.6. The molecule has 0 aliphatic carbocycles. The van der Waals surface area contributed by atoms with Gasteiger partial charge in [0.2, 0.25) is 8.32 Å². The van der Waals surface area contributed by atoms with Crippen LogP contribution in [0.25, 0.3) is 55.8 Å². The Bertz CT molecular complexity index is 5010. The van der Waals surface area contributed by atoms with Crippen molar-refractivity contribution in [2.75, 3.05) is 44.0 Å². The van der Waals surface area contributed by atoms with Gasteiger partial charge in [0.25, 0.3) is 0 Å². The molecular formula is C82H103N17O5Si. The number of fused-ring (bicyclic) bond motifs is 6. The molecule has 0 bridgehead atoms. The van der Waals surface area contributed by atoms with E-state index in [2.05, 4.69) is 243 Å². The number of amides is 2. The zero-order chi connectivity index (χ0) is 75.3. The molecule has 3 aliphatic heterocycles. The van der Waals surface area contributed by atoms with Gasteiger partial charge in [-0.25, -0.2) is 39.1 Å². The number of carbonyl (C=O) groups is 1. The predicted molar refractivity (Wildman–Crippen MR) is 420 cm³/mol. The average molecular weight is 1430 g/mol. The summed E-state index contributed by atoms with van der Waals surface area (Å²) < 4.78 is 30.2. The summed E-state index contributed by atoms with van der Waals surface area (Å²) >= 11 is 0. The van der Waals surface area contributed by atoms with Gasteiger partial charge in [-0.05, 0) is 164 Å². The SMILES string of the molecule is CC(C)c1ccc2c(c1)CCN2C(=O)N(C)C.CC(C)c1ccc2c(n1)CCN2C.CCc1cn(-c2ccc(C(C)C)c3cnoc23)cn1.Cc1cn(-c2ccc(C(C)C)c3c2O[Si](C)(C)C3)cn1.Cc1ncn(-c2ccc(C(C)C)c3cnoc23)n1.Cc1ncn(-c2ccc(C(C)C)c3ncoc23)n1. The fourth-order valence-corrected chi connectivity index (χ4v) is 15.5. The van der Waals surface area contributed by atoms with Gasteiger partial charge >= 0.3 is 6.03 Å². The van der Waals surface area contributed by atoms with Crippen molar-refractivity contribution in [2.45, 2.75) is 185 Å². The van der Waals surface area contributed by atoms with Crippen LogP contribution in [0.15, 0.2) is 149 Å². The number of nitrogens with zero attached hydrogens (tertiary/aromatic N) is 17. The van der Waals surface area contributed by atoms with E-state index in [0.29, 0.717) is 35.5 Å². The lowest BCUT2D eigenvalue weighted by Crippen LogP contribution is -2.38. The predicted octanol–water partition coefficient (Wildman–Crippen LogP) is 18.4. The molecular weight excluding hydrogens is 1330 g/mol. The van der Waals surface area contributed by atoms with Crippen molar-refractivity contribution in [3.63, 3.8) is 0 Å². The van der Waals surface area contributed by atoms with E-state index < -0.39 is 8.32 Å². The Kier molecular flexibility index (Phi) is 23.2. The third kappa shape index (κ3) is 16.8. The molecule has 0 saturated heterocycles. The van der Waals surface area contributed by atoms with Gasteiger partial charge in [-0.15, -0.1) is 0 Å². The molecule has 2 amide bonds. The van der Waals surface area contributed by atoms with Crippen LogP contribution in [0, 0.1) is 20.8 Å². The van der Waals surface area contributed by atoms with Crippen molar-refractivity contribution in [1.29, 1.82) is 0 Å². The molecule has 0 unspecified atom stereocenters. The Morgan fingerprint density at radius 1 is 0.562 bits per heavy atom. The summed E-state index contributed by atoms with van der Waals surface area (Å²) in [5, 5.41) is 18.6. The summed E-state index contributed by atoms with van der Waals surface area (Å²) in [5.74, 6) is 5.45. The number of benzene rings is 5. The number of likely N-dealkylation sites (N-methyl/N-ethyl adjacent to an activating group) is 1. The van der Waals surface area contributed by atoms with Crippen molar-refractivity contribution in [3.05, 3.63) is 209 Å². The number of rotatable bonds is 11.